The molecule has 0 radical (unpaired) electrons. The minimum Gasteiger partial charge on any atom is -0.497 e. The molecule has 0 aromatic heterocycles. The Morgan fingerprint density at radius 1 is 1.04 bits per heavy atom. The van der Waals surface area contributed by atoms with Gasteiger partial charge < -0.3 is 14.8 Å². The maximum Gasteiger partial charge on any atom is 0.118 e. The molecule has 0 aliphatic carbocycles. The summed E-state index contributed by atoms with van der Waals surface area (Å²) in [6.45, 7) is 1.11. The van der Waals surface area contributed by atoms with Crippen molar-refractivity contribution in [3.8, 4) is 5.75 Å². The molecule has 4 heteroatoms. The molecule has 1 heterocycles. The zero-order chi connectivity index (χ0) is 18.2. The fourth-order valence-corrected chi connectivity index (χ4v) is 3.16. The topological polar surface area (TPSA) is 30.5 Å². The van der Waals surface area contributed by atoms with Gasteiger partial charge in [0.1, 0.15) is 11.6 Å². The average molecular weight is 355 g/mol. The van der Waals surface area contributed by atoms with Crippen molar-refractivity contribution in [2.45, 2.75) is 38.0 Å². The third kappa shape index (κ3) is 5.41. The van der Waals surface area contributed by atoms with E-state index in [1.807, 2.05) is 42.5 Å². The zero-order valence-corrected chi connectivity index (χ0v) is 15.2. The van der Waals surface area contributed by atoms with Crippen molar-refractivity contribution in [2.75, 3.05) is 13.7 Å². The second-order valence-corrected chi connectivity index (χ2v) is 6.63. The van der Waals surface area contributed by atoms with E-state index < -0.39 is 0 Å². The molecule has 2 unspecified atom stereocenters. The molecule has 3 rings (SSSR count). The Morgan fingerprint density at radius 3 is 2.54 bits per heavy atom. The number of ether oxygens (including phenoxy) is 2. The highest BCUT2D eigenvalue weighted by atomic mass is 19.1. The quantitative estimate of drug-likeness (QED) is 0.760. The molecule has 0 saturated heterocycles. The van der Waals surface area contributed by atoms with E-state index in [1.54, 1.807) is 13.2 Å². The number of hydrogen-bond acceptors (Lipinski definition) is 3. The normalized spacial score (nSPS) is 19.8. The van der Waals surface area contributed by atoms with Crippen molar-refractivity contribution in [3.63, 3.8) is 0 Å². The molecule has 0 bridgehead atoms. The number of methoxy groups -OCH3 is 1. The van der Waals surface area contributed by atoms with Crippen LogP contribution in [0.1, 0.15) is 24.0 Å². The number of halogens is 1. The SMILES string of the molecule is COc1ccc(COCC2CC=C(F)C(CCc3ccccc3)N2)cc1. The van der Waals surface area contributed by atoms with E-state index in [4.69, 9.17) is 9.47 Å². The van der Waals surface area contributed by atoms with Gasteiger partial charge in [0.25, 0.3) is 0 Å². The second-order valence-electron chi connectivity index (χ2n) is 6.63. The Kier molecular flexibility index (Phi) is 6.81. The van der Waals surface area contributed by atoms with E-state index in [2.05, 4.69) is 17.4 Å². The van der Waals surface area contributed by atoms with Gasteiger partial charge in [-0.1, -0.05) is 42.5 Å². The minimum absolute atomic E-state index is 0.0488. The minimum atomic E-state index is -0.224. The van der Waals surface area contributed by atoms with Gasteiger partial charge in [0.05, 0.1) is 26.4 Å². The van der Waals surface area contributed by atoms with Gasteiger partial charge >= 0.3 is 0 Å². The lowest BCUT2D eigenvalue weighted by Gasteiger charge is -2.28. The molecule has 1 N–H and O–H groups in total. The lowest BCUT2D eigenvalue weighted by Crippen LogP contribution is -2.44. The summed E-state index contributed by atoms with van der Waals surface area (Å²) in [6.07, 6.45) is 3.98. The maximum atomic E-state index is 14.1. The number of rotatable bonds is 8. The fraction of sp³-hybridized carbons (Fsp3) is 0.364. The molecule has 26 heavy (non-hydrogen) atoms. The summed E-state index contributed by atoms with van der Waals surface area (Å²) in [6, 6.07) is 18.0. The van der Waals surface area contributed by atoms with Gasteiger partial charge in [-0.25, -0.2) is 4.39 Å². The molecule has 1 aliphatic heterocycles. The number of hydrogen-bond donors (Lipinski definition) is 1. The lowest BCUT2D eigenvalue weighted by molar-refractivity contribution is 0.0931. The molecule has 0 saturated carbocycles. The summed E-state index contributed by atoms with van der Waals surface area (Å²) in [5.41, 5.74) is 2.34. The van der Waals surface area contributed by atoms with Gasteiger partial charge in [-0.05, 0) is 48.6 Å². The first-order chi connectivity index (χ1) is 12.7. The molecule has 2 atom stereocenters. The van der Waals surface area contributed by atoms with E-state index >= 15 is 0 Å². The van der Waals surface area contributed by atoms with Crippen molar-refractivity contribution in [1.82, 2.24) is 5.32 Å². The van der Waals surface area contributed by atoms with Gasteiger partial charge in [0.2, 0.25) is 0 Å². The highest BCUT2D eigenvalue weighted by Crippen LogP contribution is 2.20. The monoisotopic (exact) mass is 355 g/mol. The largest absolute Gasteiger partial charge is 0.497 e. The lowest BCUT2D eigenvalue weighted by atomic mass is 9.99. The molecule has 0 amide bonds. The Labute approximate surface area is 154 Å². The zero-order valence-electron chi connectivity index (χ0n) is 15.2. The van der Waals surface area contributed by atoms with E-state index in [1.165, 1.54) is 5.56 Å². The van der Waals surface area contributed by atoms with Crippen molar-refractivity contribution >= 4 is 0 Å². The van der Waals surface area contributed by atoms with Crippen LogP contribution in [0.15, 0.2) is 66.5 Å². The number of benzene rings is 2. The summed E-state index contributed by atoms with van der Waals surface area (Å²) in [7, 11) is 1.65. The Hall–Kier alpha value is -2.17. The summed E-state index contributed by atoms with van der Waals surface area (Å²) in [4.78, 5) is 0. The molecule has 138 valence electrons. The first-order valence-electron chi connectivity index (χ1n) is 9.11. The Balaban J connectivity index is 1.44. The molecule has 1 aliphatic rings. The maximum absolute atomic E-state index is 14.1. The first-order valence-corrected chi connectivity index (χ1v) is 9.11. The molecular formula is C22H26FNO2. The van der Waals surface area contributed by atoms with Crippen LogP contribution in [-0.2, 0) is 17.8 Å². The highest BCUT2D eigenvalue weighted by Gasteiger charge is 2.23. The van der Waals surface area contributed by atoms with Crippen LogP contribution in [0.2, 0.25) is 0 Å². The smallest absolute Gasteiger partial charge is 0.118 e. The Morgan fingerprint density at radius 2 is 1.81 bits per heavy atom. The van der Waals surface area contributed by atoms with Crippen LogP contribution in [0.4, 0.5) is 4.39 Å². The van der Waals surface area contributed by atoms with Crippen LogP contribution >= 0.6 is 0 Å². The van der Waals surface area contributed by atoms with E-state index in [0.29, 0.717) is 19.6 Å². The summed E-state index contributed by atoms with van der Waals surface area (Å²) in [5, 5.41) is 3.39. The molecule has 0 fully saturated rings. The number of nitrogens with one attached hydrogen (secondary N) is 1. The summed E-state index contributed by atoms with van der Waals surface area (Å²) >= 11 is 0. The molecule has 2 aromatic carbocycles. The third-order valence-electron chi connectivity index (χ3n) is 4.68. The van der Waals surface area contributed by atoms with Gasteiger partial charge in [-0.2, -0.15) is 0 Å². The van der Waals surface area contributed by atoms with Crippen LogP contribution in [0, 0.1) is 0 Å². The summed E-state index contributed by atoms with van der Waals surface area (Å²) in [5.74, 6) is 0.789. The van der Waals surface area contributed by atoms with Crippen LogP contribution < -0.4 is 10.1 Å². The van der Waals surface area contributed by atoms with Gasteiger partial charge in [0.15, 0.2) is 0 Å². The first kappa shape index (κ1) is 18.6. The molecular weight excluding hydrogens is 329 g/mol. The van der Waals surface area contributed by atoms with E-state index in [0.717, 1.165) is 24.2 Å². The van der Waals surface area contributed by atoms with Crippen LogP contribution in [0.5, 0.6) is 5.75 Å². The number of aryl methyl sites for hydroxylation is 1. The standard InChI is InChI=1S/C22H26FNO2/c1-25-20-11-7-18(8-12-20)15-26-16-19-10-13-21(23)22(24-19)14-9-17-5-3-2-4-6-17/h2-8,11-13,19,22,24H,9-10,14-16H2,1H3. The molecule has 0 spiro atoms. The predicted octanol–water partition coefficient (Wildman–Crippen LogP) is 4.43. The van der Waals surface area contributed by atoms with Gasteiger partial charge in [-0.15, -0.1) is 0 Å². The van der Waals surface area contributed by atoms with Crippen LogP contribution in [0.3, 0.4) is 0 Å². The van der Waals surface area contributed by atoms with Crippen LogP contribution in [0.25, 0.3) is 0 Å². The fourth-order valence-electron chi connectivity index (χ4n) is 3.16. The predicted molar refractivity (Wildman–Crippen MR) is 102 cm³/mol. The second kappa shape index (κ2) is 9.51. The summed E-state index contributed by atoms with van der Waals surface area (Å²) < 4.78 is 25.1. The van der Waals surface area contributed by atoms with Gasteiger partial charge in [0, 0.05) is 6.04 Å². The highest BCUT2D eigenvalue weighted by molar-refractivity contribution is 5.26. The van der Waals surface area contributed by atoms with Crippen molar-refractivity contribution < 1.29 is 13.9 Å². The van der Waals surface area contributed by atoms with Crippen molar-refractivity contribution in [3.05, 3.63) is 77.6 Å². The average Bonchev–Trinajstić information content (AvgIpc) is 2.69. The van der Waals surface area contributed by atoms with E-state index in [-0.39, 0.29) is 17.9 Å². The van der Waals surface area contributed by atoms with Crippen molar-refractivity contribution in [2.24, 2.45) is 0 Å². The third-order valence-corrected chi connectivity index (χ3v) is 4.68. The molecule has 2 aromatic rings. The van der Waals surface area contributed by atoms with Gasteiger partial charge in [-0.3, -0.25) is 0 Å². The molecule has 3 nitrogen and oxygen atoms in total. The van der Waals surface area contributed by atoms with E-state index in [9.17, 15) is 4.39 Å². The Bertz CT molecular complexity index is 700. The van der Waals surface area contributed by atoms with Crippen molar-refractivity contribution in [1.29, 1.82) is 0 Å². The van der Waals surface area contributed by atoms with Crippen LogP contribution in [-0.4, -0.2) is 25.8 Å².